The number of hydrogen-bond donors (Lipinski definition) is 0. The Morgan fingerprint density at radius 2 is 1.75 bits per heavy atom. The molecule has 0 amide bonds. The highest BCUT2D eigenvalue weighted by molar-refractivity contribution is 7.13. The SMILES string of the molecule is C=CCC.Cc1ccc2c(c1)CCc1nc(N(C)c3cc(C)c(F)c(F)c3F)c(-c3cccs3)nc1-2. The third-order valence-corrected chi connectivity index (χ3v) is 7.01. The summed E-state index contributed by atoms with van der Waals surface area (Å²) in [5, 5.41) is 1.93. The van der Waals surface area contributed by atoms with E-state index >= 15 is 0 Å². The van der Waals surface area contributed by atoms with Crippen molar-refractivity contribution in [2.75, 3.05) is 11.9 Å². The van der Waals surface area contributed by atoms with E-state index < -0.39 is 17.5 Å². The average Bonchev–Trinajstić information content (AvgIpc) is 3.43. The van der Waals surface area contributed by atoms with Crippen LogP contribution in [-0.2, 0) is 12.8 Å². The number of hydrogen-bond acceptors (Lipinski definition) is 4. The molecule has 0 saturated carbocycles. The molecular formula is C29H28F3N3S. The van der Waals surface area contributed by atoms with E-state index in [-0.39, 0.29) is 11.3 Å². The summed E-state index contributed by atoms with van der Waals surface area (Å²) in [4.78, 5) is 12.2. The number of aryl methyl sites for hydroxylation is 4. The van der Waals surface area contributed by atoms with Crippen LogP contribution in [0.4, 0.5) is 24.7 Å². The smallest absolute Gasteiger partial charge is 0.196 e. The Balaban J connectivity index is 0.000000709. The van der Waals surface area contributed by atoms with Gasteiger partial charge in [0.05, 0.1) is 22.0 Å². The first-order valence-electron chi connectivity index (χ1n) is 11.8. The van der Waals surface area contributed by atoms with Gasteiger partial charge in [-0.25, -0.2) is 23.1 Å². The van der Waals surface area contributed by atoms with E-state index in [9.17, 15) is 13.2 Å². The predicted molar refractivity (Wildman–Crippen MR) is 143 cm³/mol. The van der Waals surface area contributed by atoms with E-state index in [0.717, 1.165) is 34.7 Å². The van der Waals surface area contributed by atoms with E-state index in [2.05, 4.69) is 38.6 Å². The van der Waals surface area contributed by atoms with Gasteiger partial charge in [0.15, 0.2) is 23.3 Å². The lowest BCUT2D eigenvalue weighted by atomic mass is 9.90. The maximum atomic E-state index is 14.7. The Hall–Kier alpha value is -3.45. The first-order valence-corrected chi connectivity index (χ1v) is 12.7. The number of nitrogens with zero attached hydrogens (tertiary/aromatic N) is 3. The number of thiophene rings is 1. The van der Waals surface area contributed by atoms with Crippen LogP contribution in [0.15, 0.2) is 54.4 Å². The number of aromatic nitrogens is 2. The number of benzene rings is 2. The topological polar surface area (TPSA) is 29.0 Å². The molecule has 36 heavy (non-hydrogen) atoms. The van der Waals surface area contributed by atoms with Crippen LogP contribution in [-0.4, -0.2) is 17.0 Å². The zero-order valence-corrected chi connectivity index (χ0v) is 21.6. The Bertz CT molecular complexity index is 1410. The largest absolute Gasteiger partial charge is 0.325 e. The molecule has 5 rings (SSSR count). The highest BCUT2D eigenvalue weighted by Gasteiger charge is 2.27. The lowest BCUT2D eigenvalue weighted by Crippen LogP contribution is -2.19. The van der Waals surface area contributed by atoms with Gasteiger partial charge in [-0.2, -0.15) is 0 Å². The van der Waals surface area contributed by atoms with Gasteiger partial charge in [0, 0.05) is 12.6 Å². The number of fused-ring (bicyclic) bond motifs is 3. The van der Waals surface area contributed by atoms with Crippen molar-refractivity contribution in [1.82, 2.24) is 9.97 Å². The number of halogens is 3. The zero-order valence-electron chi connectivity index (χ0n) is 20.8. The van der Waals surface area contributed by atoms with E-state index in [1.54, 1.807) is 7.05 Å². The molecule has 1 aliphatic carbocycles. The van der Waals surface area contributed by atoms with Gasteiger partial charge < -0.3 is 4.90 Å². The molecule has 0 aliphatic heterocycles. The maximum Gasteiger partial charge on any atom is 0.196 e. The Morgan fingerprint density at radius 3 is 2.42 bits per heavy atom. The van der Waals surface area contributed by atoms with Crippen LogP contribution in [0.1, 0.15) is 35.7 Å². The van der Waals surface area contributed by atoms with Gasteiger partial charge in [-0.1, -0.05) is 42.8 Å². The van der Waals surface area contributed by atoms with Crippen LogP contribution in [0, 0.1) is 31.3 Å². The molecule has 186 valence electrons. The van der Waals surface area contributed by atoms with Gasteiger partial charge in [-0.05, 0) is 61.7 Å². The third kappa shape index (κ3) is 4.80. The van der Waals surface area contributed by atoms with Gasteiger partial charge in [0.1, 0.15) is 5.69 Å². The Kier molecular flexibility index (Phi) is 7.59. The monoisotopic (exact) mass is 507 g/mol. The van der Waals surface area contributed by atoms with Crippen LogP contribution >= 0.6 is 11.3 Å². The number of anilines is 2. The lowest BCUT2D eigenvalue weighted by molar-refractivity contribution is 0.444. The van der Waals surface area contributed by atoms with Crippen molar-refractivity contribution in [3.05, 3.63) is 94.3 Å². The molecule has 3 nitrogen and oxygen atoms in total. The maximum absolute atomic E-state index is 14.7. The van der Waals surface area contributed by atoms with Crippen molar-refractivity contribution in [3.8, 4) is 21.8 Å². The van der Waals surface area contributed by atoms with Gasteiger partial charge in [0.2, 0.25) is 0 Å². The predicted octanol–water partition coefficient (Wildman–Crippen LogP) is 8.36. The lowest BCUT2D eigenvalue weighted by Gasteiger charge is -2.26. The average molecular weight is 508 g/mol. The van der Waals surface area contributed by atoms with E-state index in [1.807, 2.05) is 23.6 Å². The standard InChI is InChI=1S/C25H20F3N3S.C4H8/c1-13-6-8-16-15(11-13)7-9-17-23(16)30-24(19-5-4-10-32-19)25(29-17)31(3)18-12-14(2)20(26)22(28)21(18)27;1-3-4-2/h4-6,8,10-12H,7,9H2,1-3H3;3H,1,4H2,2H3. The van der Waals surface area contributed by atoms with Crippen molar-refractivity contribution in [3.63, 3.8) is 0 Å². The summed E-state index contributed by atoms with van der Waals surface area (Å²) in [5.74, 6) is -3.50. The molecule has 0 atom stereocenters. The molecule has 0 spiro atoms. The fourth-order valence-electron chi connectivity index (χ4n) is 4.15. The van der Waals surface area contributed by atoms with Crippen molar-refractivity contribution >= 4 is 22.8 Å². The first-order chi connectivity index (χ1) is 17.3. The molecule has 2 aromatic carbocycles. The van der Waals surface area contributed by atoms with Gasteiger partial charge >= 0.3 is 0 Å². The summed E-state index contributed by atoms with van der Waals surface area (Å²) in [6.45, 7) is 9.02. The fourth-order valence-corrected chi connectivity index (χ4v) is 4.86. The molecular weight excluding hydrogens is 479 g/mol. The highest BCUT2D eigenvalue weighted by atomic mass is 32.1. The molecule has 4 aromatic rings. The minimum absolute atomic E-state index is 0.0265. The second-order valence-corrected chi connectivity index (χ2v) is 9.69. The summed E-state index contributed by atoms with van der Waals surface area (Å²) in [6, 6.07) is 11.4. The zero-order chi connectivity index (χ0) is 26.0. The third-order valence-electron chi connectivity index (χ3n) is 6.13. The summed E-state index contributed by atoms with van der Waals surface area (Å²) in [7, 11) is 1.60. The fraction of sp³-hybridized carbons (Fsp3) is 0.241. The summed E-state index contributed by atoms with van der Waals surface area (Å²) >= 11 is 1.49. The van der Waals surface area contributed by atoms with Gasteiger partial charge in [0.25, 0.3) is 0 Å². The summed E-state index contributed by atoms with van der Waals surface area (Å²) < 4.78 is 42.8. The van der Waals surface area contributed by atoms with Gasteiger partial charge in [-0.3, -0.25) is 0 Å². The van der Waals surface area contributed by atoms with E-state index in [1.165, 1.54) is 40.4 Å². The quantitative estimate of drug-likeness (QED) is 0.205. The highest BCUT2D eigenvalue weighted by Crippen LogP contribution is 2.40. The molecule has 0 unspecified atom stereocenters. The normalized spacial score (nSPS) is 11.8. The Morgan fingerprint density at radius 1 is 1.00 bits per heavy atom. The molecule has 0 saturated heterocycles. The van der Waals surface area contributed by atoms with Crippen molar-refractivity contribution in [2.45, 2.75) is 40.0 Å². The Labute approximate surface area is 214 Å². The van der Waals surface area contributed by atoms with Crippen molar-refractivity contribution < 1.29 is 13.2 Å². The first kappa shape index (κ1) is 25.6. The van der Waals surface area contributed by atoms with E-state index in [0.29, 0.717) is 17.9 Å². The molecule has 0 bridgehead atoms. The molecule has 1 aliphatic rings. The number of rotatable bonds is 4. The van der Waals surface area contributed by atoms with Crippen LogP contribution < -0.4 is 4.90 Å². The van der Waals surface area contributed by atoms with Crippen molar-refractivity contribution in [1.29, 1.82) is 0 Å². The molecule has 7 heteroatoms. The van der Waals surface area contributed by atoms with Crippen molar-refractivity contribution in [2.24, 2.45) is 0 Å². The second kappa shape index (κ2) is 10.7. The van der Waals surface area contributed by atoms with Crippen LogP contribution in [0.25, 0.3) is 21.8 Å². The molecule has 0 N–H and O–H groups in total. The minimum Gasteiger partial charge on any atom is -0.325 e. The van der Waals surface area contributed by atoms with E-state index in [4.69, 9.17) is 9.97 Å². The molecule has 2 heterocycles. The van der Waals surface area contributed by atoms with Crippen LogP contribution in [0.2, 0.25) is 0 Å². The molecule has 0 radical (unpaired) electrons. The molecule has 0 fully saturated rings. The minimum atomic E-state index is -1.49. The van der Waals surface area contributed by atoms with Gasteiger partial charge in [-0.15, -0.1) is 17.9 Å². The number of allylic oxidation sites excluding steroid dienone is 1. The molecule has 2 aromatic heterocycles. The summed E-state index contributed by atoms with van der Waals surface area (Å²) in [5.41, 5.74) is 5.62. The second-order valence-electron chi connectivity index (χ2n) is 8.74. The van der Waals surface area contributed by atoms with Crippen LogP contribution in [0.3, 0.4) is 0 Å². The van der Waals surface area contributed by atoms with Crippen LogP contribution in [0.5, 0.6) is 0 Å². The summed E-state index contributed by atoms with van der Waals surface area (Å²) in [6.07, 6.45) is 4.49.